The summed E-state index contributed by atoms with van der Waals surface area (Å²) in [5, 5.41) is 3.33. The van der Waals surface area contributed by atoms with Crippen LogP contribution in [0, 0.1) is 0 Å². The zero-order chi connectivity index (χ0) is 18.6. The van der Waals surface area contributed by atoms with E-state index >= 15 is 0 Å². The summed E-state index contributed by atoms with van der Waals surface area (Å²) >= 11 is 7.34. The van der Waals surface area contributed by atoms with Crippen LogP contribution < -0.4 is 4.74 Å². The van der Waals surface area contributed by atoms with Crippen molar-refractivity contribution in [2.75, 3.05) is 26.2 Å². The number of carbonyl (C=O) groups excluding carboxylic acids is 1. The molecule has 4 rings (SSSR count). The number of likely N-dealkylation sites (tertiary alicyclic amines) is 2. The number of hydrogen-bond donors (Lipinski definition) is 0. The highest BCUT2D eigenvalue weighted by Gasteiger charge is 2.29. The SMILES string of the molecule is O=C(c1csc(COc2ccc(Cl)cc2)n1)N1CCC(N2CCCC2)CC1. The van der Waals surface area contributed by atoms with Gasteiger partial charge in [-0.1, -0.05) is 11.6 Å². The molecule has 0 bridgehead atoms. The van der Waals surface area contributed by atoms with Gasteiger partial charge in [0.2, 0.25) is 0 Å². The quantitative estimate of drug-likeness (QED) is 0.752. The van der Waals surface area contributed by atoms with Crippen LogP contribution in [0.5, 0.6) is 5.75 Å². The number of carbonyl (C=O) groups is 1. The molecule has 2 saturated heterocycles. The fourth-order valence-electron chi connectivity index (χ4n) is 3.85. The summed E-state index contributed by atoms with van der Waals surface area (Å²) < 4.78 is 5.72. The summed E-state index contributed by atoms with van der Waals surface area (Å²) in [5.74, 6) is 0.787. The maximum Gasteiger partial charge on any atom is 0.273 e. The number of aromatic nitrogens is 1. The third kappa shape index (κ3) is 4.62. The Balaban J connectivity index is 1.29. The highest BCUT2D eigenvalue weighted by Crippen LogP contribution is 2.23. The Morgan fingerprint density at radius 3 is 2.56 bits per heavy atom. The molecule has 2 aromatic rings. The van der Waals surface area contributed by atoms with Crippen molar-refractivity contribution in [2.45, 2.75) is 38.3 Å². The van der Waals surface area contributed by atoms with E-state index in [2.05, 4.69) is 9.88 Å². The minimum atomic E-state index is 0.0452. The molecule has 1 aromatic heterocycles. The van der Waals surface area contributed by atoms with Crippen molar-refractivity contribution in [1.29, 1.82) is 0 Å². The second kappa shape index (κ2) is 8.59. The highest BCUT2D eigenvalue weighted by molar-refractivity contribution is 7.09. The van der Waals surface area contributed by atoms with Crippen molar-refractivity contribution in [2.24, 2.45) is 0 Å². The first-order valence-electron chi connectivity index (χ1n) is 9.55. The maximum atomic E-state index is 12.8. The molecule has 0 aliphatic carbocycles. The Labute approximate surface area is 168 Å². The predicted molar refractivity (Wildman–Crippen MR) is 108 cm³/mol. The summed E-state index contributed by atoms with van der Waals surface area (Å²) in [6.45, 7) is 4.46. The van der Waals surface area contributed by atoms with Gasteiger partial charge < -0.3 is 14.5 Å². The van der Waals surface area contributed by atoms with Crippen molar-refractivity contribution in [3.63, 3.8) is 0 Å². The molecule has 2 fully saturated rings. The fraction of sp³-hybridized carbons (Fsp3) is 0.500. The molecule has 7 heteroatoms. The summed E-state index contributed by atoms with van der Waals surface area (Å²) in [6.07, 6.45) is 4.78. The third-order valence-electron chi connectivity index (χ3n) is 5.36. The number of piperidine rings is 1. The first-order valence-corrected chi connectivity index (χ1v) is 10.8. The van der Waals surface area contributed by atoms with Gasteiger partial charge >= 0.3 is 0 Å². The first kappa shape index (κ1) is 18.7. The summed E-state index contributed by atoms with van der Waals surface area (Å²) in [4.78, 5) is 21.8. The monoisotopic (exact) mass is 405 g/mol. The van der Waals surface area contributed by atoms with Crippen molar-refractivity contribution in [1.82, 2.24) is 14.8 Å². The lowest BCUT2D eigenvalue weighted by Crippen LogP contribution is -2.46. The van der Waals surface area contributed by atoms with E-state index in [-0.39, 0.29) is 5.91 Å². The van der Waals surface area contributed by atoms with Crippen LogP contribution in [0.2, 0.25) is 5.02 Å². The van der Waals surface area contributed by atoms with E-state index in [0.29, 0.717) is 23.4 Å². The molecule has 144 valence electrons. The largest absolute Gasteiger partial charge is 0.486 e. The molecule has 0 radical (unpaired) electrons. The Hall–Kier alpha value is -1.63. The van der Waals surface area contributed by atoms with E-state index < -0.39 is 0 Å². The van der Waals surface area contributed by atoms with Gasteiger partial charge in [0, 0.05) is 29.5 Å². The van der Waals surface area contributed by atoms with Gasteiger partial charge in [-0.15, -0.1) is 11.3 Å². The molecule has 2 aliphatic heterocycles. The lowest BCUT2D eigenvalue weighted by molar-refractivity contribution is 0.0639. The van der Waals surface area contributed by atoms with E-state index in [9.17, 15) is 4.79 Å². The normalized spacial score (nSPS) is 18.8. The van der Waals surface area contributed by atoms with Crippen LogP contribution in [-0.4, -0.2) is 52.9 Å². The lowest BCUT2D eigenvalue weighted by atomic mass is 10.0. The van der Waals surface area contributed by atoms with E-state index in [1.54, 1.807) is 12.1 Å². The van der Waals surface area contributed by atoms with Crippen LogP contribution in [0.25, 0.3) is 0 Å². The average molecular weight is 406 g/mol. The summed E-state index contributed by atoms with van der Waals surface area (Å²) in [6, 6.07) is 7.88. The predicted octanol–water partition coefficient (Wildman–Crippen LogP) is 4.08. The van der Waals surface area contributed by atoms with Crippen molar-refractivity contribution < 1.29 is 9.53 Å². The van der Waals surface area contributed by atoms with Crippen molar-refractivity contribution in [3.05, 3.63) is 45.4 Å². The van der Waals surface area contributed by atoms with Crippen LogP contribution >= 0.6 is 22.9 Å². The number of benzene rings is 1. The second-order valence-electron chi connectivity index (χ2n) is 7.14. The van der Waals surface area contributed by atoms with E-state index in [0.717, 1.165) is 36.7 Å². The van der Waals surface area contributed by atoms with Gasteiger partial charge in [0.15, 0.2) is 0 Å². The van der Waals surface area contributed by atoms with Crippen molar-refractivity contribution in [3.8, 4) is 5.75 Å². The number of halogens is 1. The minimum Gasteiger partial charge on any atom is -0.486 e. The molecule has 1 aromatic carbocycles. The van der Waals surface area contributed by atoms with Crippen LogP contribution in [0.4, 0.5) is 0 Å². The second-order valence-corrected chi connectivity index (χ2v) is 8.51. The van der Waals surface area contributed by atoms with Gasteiger partial charge in [0.05, 0.1) is 0 Å². The number of ether oxygens (including phenoxy) is 1. The number of nitrogens with zero attached hydrogens (tertiary/aromatic N) is 3. The van der Waals surface area contributed by atoms with Gasteiger partial charge in [-0.3, -0.25) is 4.79 Å². The molecule has 0 saturated carbocycles. The number of thiazole rings is 1. The van der Waals surface area contributed by atoms with Gasteiger partial charge in [-0.05, 0) is 63.0 Å². The first-order chi connectivity index (χ1) is 13.2. The zero-order valence-corrected chi connectivity index (χ0v) is 16.8. The molecule has 2 aliphatic rings. The molecule has 0 atom stereocenters. The van der Waals surface area contributed by atoms with Gasteiger partial charge in [0.25, 0.3) is 5.91 Å². The van der Waals surface area contributed by atoms with Crippen LogP contribution in [0.3, 0.4) is 0 Å². The smallest absolute Gasteiger partial charge is 0.273 e. The van der Waals surface area contributed by atoms with Crippen LogP contribution in [-0.2, 0) is 6.61 Å². The molecule has 0 N–H and O–H groups in total. The van der Waals surface area contributed by atoms with Crippen molar-refractivity contribution >= 4 is 28.8 Å². The van der Waals surface area contributed by atoms with E-state index in [1.165, 1.54) is 37.3 Å². The van der Waals surface area contributed by atoms with Crippen LogP contribution in [0.1, 0.15) is 41.2 Å². The molecule has 3 heterocycles. The molecule has 5 nitrogen and oxygen atoms in total. The number of hydrogen-bond acceptors (Lipinski definition) is 5. The number of rotatable bonds is 5. The molecular weight excluding hydrogens is 382 g/mol. The molecule has 27 heavy (non-hydrogen) atoms. The molecule has 0 unspecified atom stereocenters. The van der Waals surface area contributed by atoms with Crippen LogP contribution in [0.15, 0.2) is 29.6 Å². The standard InChI is InChI=1S/C20H24ClN3O2S/c21-15-3-5-17(6-4-15)26-13-19-22-18(14-27-19)20(25)24-11-7-16(8-12-24)23-9-1-2-10-23/h3-6,14,16H,1-2,7-13H2. The van der Waals surface area contributed by atoms with Gasteiger partial charge in [0.1, 0.15) is 23.1 Å². The summed E-state index contributed by atoms with van der Waals surface area (Å²) in [7, 11) is 0. The maximum absolute atomic E-state index is 12.8. The highest BCUT2D eigenvalue weighted by atomic mass is 35.5. The Kier molecular flexibility index (Phi) is 5.95. The zero-order valence-electron chi connectivity index (χ0n) is 15.3. The third-order valence-corrected chi connectivity index (χ3v) is 6.43. The number of amides is 1. The van der Waals surface area contributed by atoms with E-state index in [1.807, 2.05) is 22.4 Å². The molecule has 1 amide bonds. The van der Waals surface area contributed by atoms with Gasteiger partial charge in [-0.25, -0.2) is 4.98 Å². The lowest BCUT2D eigenvalue weighted by Gasteiger charge is -2.36. The Morgan fingerprint density at radius 1 is 1.15 bits per heavy atom. The topological polar surface area (TPSA) is 45.7 Å². The Bertz CT molecular complexity index is 766. The van der Waals surface area contributed by atoms with Gasteiger partial charge in [-0.2, -0.15) is 0 Å². The Morgan fingerprint density at radius 2 is 1.85 bits per heavy atom. The molecular formula is C20H24ClN3O2S. The summed E-state index contributed by atoms with van der Waals surface area (Å²) in [5.41, 5.74) is 0.536. The minimum absolute atomic E-state index is 0.0452. The van der Waals surface area contributed by atoms with E-state index in [4.69, 9.17) is 16.3 Å². The molecule has 0 spiro atoms. The average Bonchev–Trinajstić information content (AvgIpc) is 3.39. The fourth-order valence-corrected chi connectivity index (χ4v) is 4.66.